The number of pyridine rings is 1. The maximum atomic E-state index is 6.12. The number of hydrogen-bond donors (Lipinski definition) is 2. The second-order valence-electron chi connectivity index (χ2n) is 3.83. The van der Waals surface area contributed by atoms with Gasteiger partial charge in [-0.25, -0.2) is 4.98 Å². The lowest BCUT2D eigenvalue weighted by Crippen LogP contribution is -1.87. The van der Waals surface area contributed by atoms with Gasteiger partial charge in [-0.05, 0) is 30.3 Å². The van der Waals surface area contributed by atoms with Crippen LogP contribution in [0.25, 0.3) is 11.0 Å². The van der Waals surface area contributed by atoms with Crippen LogP contribution >= 0.6 is 35.0 Å². The van der Waals surface area contributed by atoms with Gasteiger partial charge in [0.15, 0.2) is 5.82 Å². The molecule has 0 saturated carbocycles. The lowest BCUT2D eigenvalue weighted by molar-refractivity contribution is 1.13. The van der Waals surface area contributed by atoms with Gasteiger partial charge in [0.1, 0.15) is 10.5 Å². The molecule has 1 aromatic carbocycles. The number of nitrogens with one attached hydrogen (secondary N) is 1. The zero-order valence-corrected chi connectivity index (χ0v) is 11.9. The Morgan fingerprint density at radius 1 is 1.16 bits per heavy atom. The number of nitrogen functional groups attached to an aromatic ring is 1. The fourth-order valence-electron chi connectivity index (χ4n) is 1.63. The van der Waals surface area contributed by atoms with Crippen LogP contribution in [0.1, 0.15) is 0 Å². The van der Waals surface area contributed by atoms with Crippen molar-refractivity contribution in [1.82, 2.24) is 15.2 Å². The van der Waals surface area contributed by atoms with Gasteiger partial charge in [0.25, 0.3) is 0 Å². The van der Waals surface area contributed by atoms with E-state index in [1.165, 1.54) is 11.8 Å². The fourth-order valence-corrected chi connectivity index (χ4v) is 2.94. The van der Waals surface area contributed by atoms with Gasteiger partial charge in [-0.15, -0.1) is 0 Å². The van der Waals surface area contributed by atoms with Gasteiger partial charge in [0.05, 0.1) is 10.5 Å². The molecule has 0 aliphatic carbocycles. The molecule has 3 N–H and O–H groups in total. The average Bonchev–Trinajstić information content (AvgIpc) is 2.76. The second kappa shape index (κ2) is 4.92. The van der Waals surface area contributed by atoms with Crippen LogP contribution in [0.2, 0.25) is 10.0 Å². The lowest BCUT2D eigenvalue weighted by Gasteiger charge is -2.04. The highest BCUT2D eigenvalue weighted by atomic mass is 35.5. The predicted molar refractivity (Wildman–Crippen MR) is 78.9 cm³/mol. The molecule has 2 heterocycles. The molecule has 0 amide bonds. The summed E-state index contributed by atoms with van der Waals surface area (Å²) in [6.45, 7) is 0. The van der Waals surface area contributed by atoms with E-state index in [9.17, 15) is 0 Å². The Morgan fingerprint density at radius 2 is 2.00 bits per heavy atom. The van der Waals surface area contributed by atoms with Gasteiger partial charge in [0.2, 0.25) is 0 Å². The van der Waals surface area contributed by atoms with Crippen LogP contribution in [-0.4, -0.2) is 15.2 Å². The van der Waals surface area contributed by atoms with Crippen molar-refractivity contribution in [2.45, 2.75) is 9.92 Å². The second-order valence-corrected chi connectivity index (χ2v) is 5.74. The zero-order valence-electron chi connectivity index (χ0n) is 9.52. The highest BCUT2D eigenvalue weighted by Crippen LogP contribution is 2.35. The van der Waals surface area contributed by atoms with Crippen LogP contribution in [-0.2, 0) is 0 Å². The molecule has 19 heavy (non-hydrogen) atoms. The molecule has 3 rings (SSSR count). The summed E-state index contributed by atoms with van der Waals surface area (Å²) < 4.78 is 0. The van der Waals surface area contributed by atoms with E-state index in [-0.39, 0.29) is 0 Å². The Hall–Kier alpha value is -1.43. The molecule has 0 unspecified atom stereocenters. The van der Waals surface area contributed by atoms with Crippen molar-refractivity contribution in [3.05, 3.63) is 40.4 Å². The van der Waals surface area contributed by atoms with Gasteiger partial charge in [-0.1, -0.05) is 35.0 Å². The number of H-pyrrole nitrogens is 1. The molecule has 0 spiro atoms. The van der Waals surface area contributed by atoms with Gasteiger partial charge >= 0.3 is 0 Å². The number of halogens is 2. The smallest absolute Gasteiger partial charge is 0.171 e. The molecule has 2 aromatic heterocycles. The van der Waals surface area contributed by atoms with Crippen molar-refractivity contribution >= 4 is 51.8 Å². The number of benzene rings is 1. The van der Waals surface area contributed by atoms with Crippen LogP contribution in [0, 0.1) is 0 Å². The van der Waals surface area contributed by atoms with Gasteiger partial charge in [0, 0.05) is 9.92 Å². The number of fused-ring (bicyclic) bond motifs is 1. The number of hydrogen-bond acceptors (Lipinski definition) is 4. The summed E-state index contributed by atoms with van der Waals surface area (Å²) in [5.74, 6) is 0.384. The number of aromatic nitrogens is 3. The molecular weight excluding hydrogens is 303 g/mol. The van der Waals surface area contributed by atoms with Crippen LogP contribution in [0.15, 0.2) is 40.3 Å². The van der Waals surface area contributed by atoms with Crippen LogP contribution < -0.4 is 5.73 Å². The molecule has 0 aliphatic rings. The Kier molecular flexibility index (Phi) is 3.26. The highest BCUT2D eigenvalue weighted by Gasteiger charge is 2.08. The summed E-state index contributed by atoms with van der Waals surface area (Å²) in [6.07, 6.45) is 0. The molecule has 0 radical (unpaired) electrons. The minimum atomic E-state index is 0.384. The normalized spacial score (nSPS) is 11.1. The van der Waals surface area contributed by atoms with E-state index in [2.05, 4.69) is 15.2 Å². The summed E-state index contributed by atoms with van der Waals surface area (Å²) in [5, 5.41) is 8.77. The topological polar surface area (TPSA) is 67.6 Å². The Labute approximate surface area is 123 Å². The number of nitrogens with two attached hydrogens (primary N) is 1. The van der Waals surface area contributed by atoms with E-state index >= 15 is 0 Å². The Bertz CT molecular complexity index is 757. The molecule has 4 nitrogen and oxygen atoms in total. The monoisotopic (exact) mass is 310 g/mol. The minimum absolute atomic E-state index is 0.384. The first-order valence-corrected chi connectivity index (χ1v) is 6.94. The first-order chi connectivity index (χ1) is 9.13. The maximum Gasteiger partial charge on any atom is 0.171 e. The van der Waals surface area contributed by atoms with Crippen LogP contribution in [0.3, 0.4) is 0 Å². The van der Waals surface area contributed by atoms with E-state index in [1.807, 2.05) is 12.1 Å². The van der Waals surface area contributed by atoms with Gasteiger partial charge < -0.3 is 5.73 Å². The largest absolute Gasteiger partial charge is 0.380 e. The third-order valence-electron chi connectivity index (χ3n) is 2.52. The number of anilines is 1. The molecule has 96 valence electrons. The average molecular weight is 311 g/mol. The number of aromatic amines is 1. The Morgan fingerprint density at radius 3 is 2.84 bits per heavy atom. The standard InChI is InChI=1S/C12H8Cl2N4S/c13-6-1-2-7(14)9(5-6)19-10-4-3-8-11(16-10)12(15)18-17-8/h1-5H,(H3,15,17,18). The SMILES string of the molecule is Nc1n[nH]c2ccc(Sc3cc(Cl)ccc3Cl)nc12. The van der Waals surface area contributed by atoms with E-state index < -0.39 is 0 Å². The van der Waals surface area contributed by atoms with Crippen molar-refractivity contribution in [2.24, 2.45) is 0 Å². The van der Waals surface area contributed by atoms with Crippen molar-refractivity contribution in [1.29, 1.82) is 0 Å². The van der Waals surface area contributed by atoms with E-state index in [0.29, 0.717) is 21.4 Å². The Balaban J connectivity index is 2.00. The van der Waals surface area contributed by atoms with Gasteiger partial charge in [-0.2, -0.15) is 5.10 Å². The third-order valence-corrected chi connectivity index (χ3v) is 4.19. The zero-order chi connectivity index (χ0) is 13.4. The van der Waals surface area contributed by atoms with E-state index in [4.69, 9.17) is 28.9 Å². The van der Waals surface area contributed by atoms with Crippen molar-refractivity contribution < 1.29 is 0 Å². The summed E-state index contributed by atoms with van der Waals surface area (Å²) >= 11 is 13.5. The maximum absolute atomic E-state index is 6.12. The van der Waals surface area contributed by atoms with Crippen molar-refractivity contribution in [2.75, 3.05) is 5.73 Å². The van der Waals surface area contributed by atoms with Crippen LogP contribution in [0.4, 0.5) is 5.82 Å². The summed E-state index contributed by atoms with van der Waals surface area (Å²) in [4.78, 5) is 5.29. The minimum Gasteiger partial charge on any atom is -0.380 e. The summed E-state index contributed by atoms with van der Waals surface area (Å²) in [5.41, 5.74) is 7.19. The third kappa shape index (κ3) is 2.49. The molecule has 0 saturated heterocycles. The van der Waals surface area contributed by atoms with Crippen LogP contribution in [0.5, 0.6) is 0 Å². The van der Waals surface area contributed by atoms with Gasteiger partial charge in [-0.3, -0.25) is 5.10 Å². The molecule has 0 atom stereocenters. The summed E-state index contributed by atoms with van der Waals surface area (Å²) in [6, 6.07) is 9.07. The first-order valence-electron chi connectivity index (χ1n) is 5.37. The van der Waals surface area contributed by atoms with E-state index in [1.54, 1.807) is 18.2 Å². The molecular formula is C12H8Cl2N4S. The molecule has 0 aliphatic heterocycles. The quantitative estimate of drug-likeness (QED) is 0.750. The highest BCUT2D eigenvalue weighted by molar-refractivity contribution is 7.99. The predicted octanol–water partition coefficient (Wildman–Crippen LogP) is 4.00. The number of rotatable bonds is 2. The first kappa shape index (κ1) is 12.6. The lowest BCUT2D eigenvalue weighted by atomic mass is 10.4. The van der Waals surface area contributed by atoms with Crippen molar-refractivity contribution in [3.63, 3.8) is 0 Å². The molecule has 0 bridgehead atoms. The molecule has 7 heteroatoms. The fraction of sp³-hybridized carbons (Fsp3) is 0. The number of nitrogens with zero attached hydrogens (tertiary/aromatic N) is 2. The summed E-state index contributed by atoms with van der Waals surface area (Å²) in [7, 11) is 0. The van der Waals surface area contributed by atoms with E-state index in [0.717, 1.165) is 15.4 Å². The van der Waals surface area contributed by atoms with Crippen molar-refractivity contribution in [3.8, 4) is 0 Å². The molecule has 0 fully saturated rings. The molecule has 3 aromatic rings.